The average molecular weight is 586 g/mol. The van der Waals surface area contributed by atoms with Gasteiger partial charge >= 0.3 is 0 Å². The number of anilines is 1. The van der Waals surface area contributed by atoms with Crippen LogP contribution >= 0.6 is 0 Å². The molecule has 2 aliphatic rings. The van der Waals surface area contributed by atoms with Crippen molar-refractivity contribution >= 4 is 17.7 Å². The minimum absolute atomic E-state index is 0.0765. The van der Waals surface area contributed by atoms with E-state index in [1.54, 1.807) is 0 Å². The lowest BCUT2D eigenvalue weighted by Crippen LogP contribution is -2.44. The van der Waals surface area contributed by atoms with E-state index in [1.165, 1.54) is 29.5 Å². The van der Waals surface area contributed by atoms with Crippen LogP contribution in [0.2, 0.25) is 0 Å². The van der Waals surface area contributed by atoms with Gasteiger partial charge < -0.3 is 10.1 Å². The first-order chi connectivity index (χ1) is 21.5. The molecule has 0 unspecified atom stereocenters. The molecule has 6 rings (SSSR count). The van der Waals surface area contributed by atoms with Crippen LogP contribution in [-0.4, -0.2) is 48.0 Å². The van der Waals surface area contributed by atoms with Crippen LogP contribution in [-0.2, 0) is 17.9 Å². The number of ether oxygens (including phenoxy) is 1. The third kappa shape index (κ3) is 7.47. The minimum atomic E-state index is -0.0765. The summed E-state index contributed by atoms with van der Waals surface area (Å²) in [5.41, 5.74) is 8.64. The molecule has 0 spiro atoms. The van der Waals surface area contributed by atoms with Crippen LogP contribution in [0.4, 0.5) is 5.69 Å². The number of amides is 1. The number of nitrogens with zero attached hydrogens (tertiary/aromatic N) is 2. The molecule has 0 atom stereocenters. The highest BCUT2D eigenvalue weighted by Gasteiger charge is 2.24. The van der Waals surface area contributed by atoms with E-state index < -0.39 is 0 Å². The topological polar surface area (TPSA) is 44.8 Å². The molecule has 1 amide bonds. The molecule has 2 aliphatic heterocycles. The third-order valence-corrected chi connectivity index (χ3v) is 8.97. The zero-order valence-corrected chi connectivity index (χ0v) is 26.0. The molecule has 0 bridgehead atoms. The van der Waals surface area contributed by atoms with Gasteiger partial charge in [-0.2, -0.15) is 0 Å². The summed E-state index contributed by atoms with van der Waals surface area (Å²) in [5.74, 6) is 0.739. The number of aryl methyl sites for hydroxylation is 1. The Morgan fingerprint density at radius 1 is 0.886 bits per heavy atom. The summed E-state index contributed by atoms with van der Waals surface area (Å²) in [4.78, 5) is 18.5. The van der Waals surface area contributed by atoms with Crippen molar-refractivity contribution in [2.24, 2.45) is 0 Å². The Balaban J connectivity index is 1.05. The van der Waals surface area contributed by atoms with Crippen LogP contribution in [0.25, 0.3) is 17.2 Å². The molecule has 44 heavy (non-hydrogen) atoms. The number of rotatable bonds is 9. The van der Waals surface area contributed by atoms with Crippen LogP contribution in [0.5, 0.6) is 5.75 Å². The molecule has 1 fully saturated rings. The van der Waals surface area contributed by atoms with Gasteiger partial charge in [-0.15, -0.1) is 0 Å². The molecule has 1 N–H and O–H groups in total. The van der Waals surface area contributed by atoms with Crippen molar-refractivity contribution in [3.8, 4) is 16.9 Å². The van der Waals surface area contributed by atoms with Gasteiger partial charge in [-0.1, -0.05) is 85.3 Å². The van der Waals surface area contributed by atoms with Crippen LogP contribution < -0.4 is 10.1 Å². The summed E-state index contributed by atoms with van der Waals surface area (Å²) >= 11 is 0. The molecular formula is C39H43N3O2. The van der Waals surface area contributed by atoms with E-state index in [4.69, 9.17) is 4.74 Å². The highest BCUT2D eigenvalue weighted by atomic mass is 16.5. The number of hydrogen-bond acceptors (Lipinski definition) is 4. The molecule has 4 aromatic rings. The molecular weight excluding hydrogens is 542 g/mol. The van der Waals surface area contributed by atoms with E-state index in [2.05, 4.69) is 108 Å². The summed E-state index contributed by atoms with van der Waals surface area (Å²) in [7, 11) is 0. The summed E-state index contributed by atoms with van der Waals surface area (Å²) < 4.78 is 6.00. The maximum atomic E-state index is 13.3. The van der Waals surface area contributed by atoms with Crippen LogP contribution in [0, 0.1) is 6.92 Å². The van der Waals surface area contributed by atoms with E-state index >= 15 is 0 Å². The van der Waals surface area contributed by atoms with Gasteiger partial charge in [0.05, 0.1) is 6.61 Å². The third-order valence-electron chi connectivity index (χ3n) is 8.97. The van der Waals surface area contributed by atoms with Crippen molar-refractivity contribution in [1.29, 1.82) is 0 Å². The monoisotopic (exact) mass is 585 g/mol. The second kappa shape index (κ2) is 14.1. The molecule has 1 saturated heterocycles. The lowest BCUT2D eigenvalue weighted by atomic mass is 10.00. The minimum Gasteiger partial charge on any atom is -0.493 e. The van der Waals surface area contributed by atoms with Gasteiger partial charge in [-0.05, 0) is 92.0 Å². The highest BCUT2D eigenvalue weighted by molar-refractivity contribution is 6.07. The molecule has 4 aromatic carbocycles. The van der Waals surface area contributed by atoms with Crippen molar-refractivity contribution in [1.82, 2.24) is 9.80 Å². The first-order valence-electron chi connectivity index (χ1n) is 16.0. The fraction of sp³-hybridized carbons (Fsp3) is 0.308. The number of fused-ring (bicyclic) bond motifs is 1. The van der Waals surface area contributed by atoms with E-state index in [1.807, 2.05) is 24.3 Å². The fourth-order valence-electron chi connectivity index (χ4n) is 6.35. The molecule has 0 aliphatic carbocycles. The SMILES string of the molecule is CCN(Cc1ccc(NC(=O)C2=Cc3cc(-c4ccc(C)cc4)ccc3OCC2)cc1)C1CCN(Cc2ccccc2)CC1. The molecule has 0 aromatic heterocycles. The first kappa shape index (κ1) is 29.9. The summed E-state index contributed by atoms with van der Waals surface area (Å²) in [5, 5.41) is 3.12. The zero-order valence-electron chi connectivity index (χ0n) is 26.0. The number of nitrogens with one attached hydrogen (secondary N) is 1. The van der Waals surface area contributed by atoms with Gasteiger partial charge in [-0.3, -0.25) is 14.6 Å². The van der Waals surface area contributed by atoms with Gasteiger partial charge in [0.25, 0.3) is 5.91 Å². The second-order valence-corrected chi connectivity index (χ2v) is 12.1. The number of hydrogen-bond donors (Lipinski definition) is 1. The Kier molecular flexibility index (Phi) is 9.55. The maximum absolute atomic E-state index is 13.3. The Bertz CT molecular complexity index is 1570. The normalized spacial score (nSPS) is 15.7. The molecule has 0 radical (unpaired) electrons. The van der Waals surface area contributed by atoms with Crippen molar-refractivity contribution < 1.29 is 9.53 Å². The Labute approximate surface area is 262 Å². The molecule has 226 valence electrons. The molecule has 5 heteroatoms. The fourth-order valence-corrected chi connectivity index (χ4v) is 6.35. The average Bonchev–Trinajstić information content (AvgIpc) is 3.28. The standard InChI is InChI=1S/C39H43N3O2/c1-3-42(37-19-22-41(23-20-37)27-30-7-5-4-6-8-30)28-31-11-16-36(17-12-31)40-39(43)34-21-24-44-38-18-15-33(25-35(38)26-34)32-13-9-29(2)10-14-32/h4-18,25-26,37H,3,19-24,27-28H2,1-2H3,(H,40,43). The van der Waals surface area contributed by atoms with Crippen LogP contribution in [0.3, 0.4) is 0 Å². The summed E-state index contributed by atoms with van der Waals surface area (Å²) in [6.45, 7) is 10.1. The predicted octanol–water partition coefficient (Wildman–Crippen LogP) is 7.95. The van der Waals surface area contributed by atoms with Gasteiger partial charge in [-0.25, -0.2) is 0 Å². The predicted molar refractivity (Wildman–Crippen MR) is 181 cm³/mol. The van der Waals surface area contributed by atoms with Crippen molar-refractivity contribution in [2.45, 2.75) is 52.2 Å². The van der Waals surface area contributed by atoms with E-state index in [0.717, 1.165) is 66.4 Å². The summed E-state index contributed by atoms with van der Waals surface area (Å²) in [6.07, 6.45) is 4.94. The Hall–Kier alpha value is -4.19. The van der Waals surface area contributed by atoms with Gasteiger partial charge in [0.15, 0.2) is 0 Å². The quantitative estimate of drug-likeness (QED) is 0.217. The maximum Gasteiger partial charge on any atom is 0.251 e. The van der Waals surface area contributed by atoms with E-state index in [0.29, 0.717) is 19.1 Å². The smallest absolute Gasteiger partial charge is 0.251 e. The lowest BCUT2D eigenvalue weighted by molar-refractivity contribution is -0.113. The highest BCUT2D eigenvalue weighted by Crippen LogP contribution is 2.31. The first-order valence-corrected chi connectivity index (χ1v) is 16.0. The van der Waals surface area contributed by atoms with Crippen molar-refractivity contribution in [3.05, 3.63) is 125 Å². The van der Waals surface area contributed by atoms with Crippen molar-refractivity contribution in [3.63, 3.8) is 0 Å². The second-order valence-electron chi connectivity index (χ2n) is 12.1. The molecule has 0 saturated carbocycles. The summed E-state index contributed by atoms with van der Waals surface area (Å²) in [6, 6.07) is 34.4. The number of piperidine rings is 1. The zero-order chi connectivity index (χ0) is 30.3. The largest absolute Gasteiger partial charge is 0.493 e. The Morgan fingerprint density at radius 2 is 1.61 bits per heavy atom. The van der Waals surface area contributed by atoms with Crippen LogP contribution in [0.15, 0.2) is 103 Å². The van der Waals surface area contributed by atoms with Crippen molar-refractivity contribution in [2.75, 3.05) is 31.6 Å². The molecule has 2 heterocycles. The number of likely N-dealkylation sites (tertiary alicyclic amines) is 1. The Morgan fingerprint density at radius 3 is 2.34 bits per heavy atom. The number of carbonyl (C=O) groups is 1. The van der Waals surface area contributed by atoms with Gasteiger partial charge in [0.2, 0.25) is 0 Å². The van der Waals surface area contributed by atoms with Gasteiger partial charge in [0, 0.05) is 42.4 Å². The number of benzene rings is 4. The van der Waals surface area contributed by atoms with E-state index in [9.17, 15) is 4.79 Å². The van der Waals surface area contributed by atoms with E-state index in [-0.39, 0.29) is 5.91 Å². The van der Waals surface area contributed by atoms with Gasteiger partial charge in [0.1, 0.15) is 5.75 Å². The number of carbonyl (C=O) groups excluding carboxylic acids is 1. The lowest BCUT2D eigenvalue weighted by Gasteiger charge is -2.38. The van der Waals surface area contributed by atoms with Crippen LogP contribution in [0.1, 0.15) is 48.4 Å². The molecule has 5 nitrogen and oxygen atoms in total.